The van der Waals surface area contributed by atoms with Gasteiger partial charge in [-0.05, 0) is 37.0 Å². The van der Waals surface area contributed by atoms with Gasteiger partial charge in [0.1, 0.15) is 17.2 Å². The fraction of sp³-hybridized carbons (Fsp3) is 0.409. The van der Waals surface area contributed by atoms with E-state index in [0.29, 0.717) is 13.1 Å². The largest absolute Gasteiger partial charge is 0.497 e. The van der Waals surface area contributed by atoms with Crippen LogP contribution < -0.4 is 24.8 Å². The van der Waals surface area contributed by atoms with Crippen molar-refractivity contribution in [2.75, 3.05) is 27.9 Å². The van der Waals surface area contributed by atoms with Gasteiger partial charge in [0.15, 0.2) is 5.96 Å². The standard InChI is InChI=1S/C22H29N3O3/c1-23-22(25-14-18-10-11-19(26-2)12-21(18)27-3)24-13-17-6-4-5-7-20(17)28-15-16-8-9-16/h4-7,10-12,16H,8-9,13-15H2,1-3H3,(H2,23,24,25). The molecule has 2 aromatic carbocycles. The summed E-state index contributed by atoms with van der Waals surface area (Å²) in [6.45, 7) is 2.04. The first kappa shape index (κ1) is 19.9. The third-order valence-electron chi connectivity index (χ3n) is 4.75. The van der Waals surface area contributed by atoms with E-state index in [-0.39, 0.29) is 0 Å². The van der Waals surface area contributed by atoms with Gasteiger partial charge in [-0.15, -0.1) is 0 Å². The molecule has 0 saturated heterocycles. The summed E-state index contributed by atoms with van der Waals surface area (Å²) in [7, 11) is 5.06. The summed E-state index contributed by atoms with van der Waals surface area (Å²) in [4.78, 5) is 4.31. The third-order valence-corrected chi connectivity index (χ3v) is 4.75. The highest BCUT2D eigenvalue weighted by atomic mass is 16.5. The number of ether oxygens (including phenoxy) is 3. The minimum Gasteiger partial charge on any atom is -0.497 e. The Kier molecular flexibility index (Phi) is 7.00. The van der Waals surface area contributed by atoms with Crippen LogP contribution in [0.1, 0.15) is 24.0 Å². The first-order valence-corrected chi connectivity index (χ1v) is 9.59. The molecule has 0 aromatic heterocycles. The van der Waals surface area contributed by atoms with Gasteiger partial charge in [0.2, 0.25) is 0 Å². The maximum Gasteiger partial charge on any atom is 0.191 e. The first-order chi connectivity index (χ1) is 13.7. The SMILES string of the molecule is CN=C(NCc1ccc(OC)cc1OC)NCc1ccccc1OCC1CC1. The zero-order chi connectivity index (χ0) is 19.8. The Labute approximate surface area is 166 Å². The zero-order valence-electron chi connectivity index (χ0n) is 16.8. The maximum atomic E-state index is 5.98. The summed E-state index contributed by atoms with van der Waals surface area (Å²) in [5, 5.41) is 6.68. The predicted molar refractivity (Wildman–Crippen MR) is 111 cm³/mol. The number of nitrogens with one attached hydrogen (secondary N) is 2. The van der Waals surface area contributed by atoms with Gasteiger partial charge >= 0.3 is 0 Å². The van der Waals surface area contributed by atoms with Crippen LogP contribution in [0, 0.1) is 5.92 Å². The number of nitrogens with zero attached hydrogens (tertiary/aromatic N) is 1. The number of hydrogen-bond acceptors (Lipinski definition) is 4. The van der Waals surface area contributed by atoms with Crippen LogP contribution in [-0.4, -0.2) is 33.8 Å². The van der Waals surface area contributed by atoms with Crippen molar-refractivity contribution >= 4 is 5.96 Å². The van der Waals surface area contributed by atoms with Crippen LogP contribution in [0.3, 0.4) is 0 Å². The lowest BCUT2D eigenvalue weighted by Crippen LogP contribution is -2.36. The van der Waals surface area contributed by atoms with Crippen molar-refractivity contribution in [1.82, 2.24) is 10.6 Å². The van der Waals surface area contributed by atoms with Crippen LogP contribution in [0.15, 0.2) is 47.5 Å². The molecule has 0 atom stereocenters. The van der Waals surface area contributed by atoms with Crippen LogP contribution >= 0.6 is 0 Å². The lowest BCUT2D eigenvalue weighted by atomic mass is 10.2. The zero-order valence-corrected chi connectivity index (χ0v) is 16.8. The number of guanidine groups is 1. The minimum absolute atomic E-state index is 0.590. The van der Waals surface area contributed by atoms with Crippen molar-refractivity contribution < 1.29 is 14.2 Å². The molecule has 28 heavy (non-hydrogen) atoms. The lowest BCUT2D eigenvalue weighted by molar-refractivity contribution is 0.296. The van der Waals surface area contributed by atoms with Gasteiger partial charge in [0, 0.05) is 37.3 Å². The lowest BCUT2D eigenvalue weighted by Gasteiger charge is -2.16. The van der Waals surface area contributed by atoms with Crippen molar-refractivity contribution in [3.05, 3.63) is 53.6 Å². The van der Waals surface area contributed by atoms with E-state index >= 15 is 0 Å². The molecule has 0 radical (unpaired) electrons. The molecule has 1 fully saturated rings. The fourth-order valence-electron chi connectivity index (χ4n) is 2.86. The molecule has 1 aliphatic rings. The molecular formula is C22H29N3O3. The molecule has 6 heteroatoms. The van der Waals surface area contributed by atoms with E-state index in [2.05, 4.69) is 21.7 Å². The number of para-hydroxylation sites is 1. The highest BCUT2D eigenvalue weighted by Crippen LogP contribution is 2.30. The summed E-state index contributed by atoms with van der Waals surface area (Å²) in [5.74, 6) is 3.94. The van der Waals surface area contributed by atoms with Gasteiger partial charge in [-0.1, -0.05) is 18.2 Å². The Bertz CT molecular complexity index is 803. The fourth-order valence-corrected chi connectivity index (χ4v) is 2.86. The van der Waals surface area contributed by atoms with E-state index < -0.39 is 0 Å². The number of rotatable bonds is 9. The van der Waals surface area contributed by atoms with Gasteiger partial charge in [0.25, 0.3) is 0 Å². The maximum absolute atomic E-state index is 5.98. The van der Waals surface area contributed by atoms with E-state index in [1.165, 1.54) is 12.8 Å². The second-order valence-corrected chi connectivity index (χ2v) is 6.82. The van der Waals surface area contributed by atoms with Gasteiger partial charge in [0.05, 0.1) is 20.8 Å². The van der Waals surface area contributed by atoms with E-state index in [9.17, 15) is 0 Å². The van der Waals surface area contributed by atoms with Gasteiger partial charge in [-0.3, -0.25) is 4.99 Å². The molecule has 150 valence electrons. The molecule has 0 amide bonds. The van der Waals surface area contributed by atoms with Crippen LogP contribution in [0.2, 0.25) is 0 Å². The van der Waals surface area contributed by atoms with E-state index in [1.807, 2.05) is 36.4 Å². The van der Waals surface area contributed by atoms with Crippen LogP contribution in [0.4, 0.5) is 0 Å². The first-order valence-electron chi connectivity index (χ1n) is 9.59. The Morgan fingerprint density at radius 2 is 1.68 bits per heavy atom. The van der Waals surface area contributed by atoms with Crippen molar-refractivity contribution in [1.29, 1.82) is 0 Å². The second kappa shape index (κ2) is 9.88. The molecule has 1 saturated carbocycles. The quantitative estimate of drug-likeness (QED) is 0.514. The van der Waals surface area contributed by atoms with Crippen LogP contribution in [-0.2, 0) is 13.1 Å². The summed E-state index contributed by atoms with van der Waals surface area (Å²) in [6.07, 6.45) is 2.57. The van der Waals surface area contributed by atoms with Crippen molar-refractivity contribution in [3.8, 4) is 17.2 Å². The molecule has 0 bridgehead atoms. The monoisotopic (exact) mass is 383 g/mol. The average Bonchev–Trinajstić information content (AvgIpc) is 3.57. The van der Waals surface area contributed by atoms with Gasteiger partial charge in [-0.2, -0.15) is 0 Å². The Hall–Kier alpha value is -2.89. The van der Waals surface area contributed by atoms with E-state index in [1.54, 1.807) is 21.3 Å². The molecule has 0 unspecified atom stereocenters. The second-order valence-electron chi connectivity index (χ2n) is 6.82. The van der Waals surface area contributed by atoms with E-state index in [0.717, 1.165) is 46.9 Å². The summed E-state index contributed by atoms with van der Waals surface area (Å²) in [5.41, 5.74) is 2.15. The summed E-state index contributed by atoms with van der Waals surface area (Å²) in [6, 6.07) is 13.9. The summed E-state index contributed by atoms with van der Waals surface area (Å²) >= 11 is 0. The number of benzene rings is 2. The minimum atomic E-state index is 0.590. The summed E-state index contributed by atoms with van der Waals surface area (Å²) < 4.78 is 16.7. The smallest absolute Gasteiger partial charge is 0.191 e. The molecular weight excluding hydrogens is 354 g/mol. The van der Waals surface area contributed by atoms with Crippen LogP contribution in [0.5, 0.6) is 17.2 Å². The van der Waals surface area contributed by atoms with Crippen molar-refractivity contribution in [3.63, 3.8) is 0 Å². The average molecular weight is 383 g/mol. The third kappa shape index (κ3) is 5.55. The number of aliphatic imine (C=N–C) groups is 1. The van der Waals surface area contributed by atoms with Crippen molar-refractivity contribution in [2.45, 2.75) is 25.9 Å². The Balaban J connectivity index is 1.55. The van der Waals surface area contributed by atoms with Crippen LogP contribution in [0.25, 0.3) is 0 Å². The molecule has 0 heterocycles. The molecule has 2 aromatic rings. The molecule has 3 rings (SSSR count). The molecule has 0 aliphatic heterocycles. The number of methoxy groups -OCH3 is 2. The Morgan fingerprint density at radius 3 is 2.32 bits per heavy atom. The van der Waals surface area contributed by atoms with E-state index in [4.69, 9.17) is 14.2 Å². The molecule has 0 spiro atoms. The number of hydrogen-bond donors (Lipinski definition) is 2. The highest BCUT2D eigenvalue weighted by Gasteiger charge is 2.22. The van der Waals surface area contributed by atoms with Gasteiger partial charge < -0.3 is 24.8 Å². The van der Waals surface area contributed by atoms with Gasteiger partial charge in [-0.25, -0.2) is 0 Å². The molecule has 2 N–H and O–H groups in total. The predicted octanol–water partition coefficient (Wildman–Crippen LogP) is 3.36. The normalized spacial score (nSPS) is 13.8. The molecule has 1 aliphatic carbocycles. The topological polar surface area (TPSA) is 64.1 Å². The van der Waals surface area contributed by atoms with Crippen molar-refractivity contribution in [2.24, 2.45) is 10.9 Å². The highest BCUT2D eigenvalue weighted by molar-refractivity contribution is 5.79. The molecule has 6 nitrogen and oxygen atoms in total. The Morgan fingerprint density at radius 1 is 0.964 bits per heavy atom.